The Balaban J connectivity index is 1.56. The number of likely N-dealkylation sites (N-methyl/N-ethyl adjacent to an activating group) is 1. The molecule has 1 saturated carbocycles. The number of aromatic nitrogens is 3. The number of carbonyl (C=O) groups is 1. The quantitative estimate of drug-likeness (QED) is 0.684. The van der Waals surface area contributed by atoms with Crippen molar-refractivity contribution in [1.29, 1.82) is 0 Å². The second-order valence-corrected chi connectivity index (χ2v) is 10.0. The second kappa shape index (κ2) is 8.65. The number of pyridine rings is 1. The number of hydrogen-bond acceptors (Lipinski definition) is 7. The lowest BCUT2D eigenvalue weighted by molar-refractivity contribution is -0.121. The van der Waals surface area contributed by atoms with Gasteiger partial charge in [0, 0.05) is 36.1 Å². The second-order valence-electron chi connectivity index (χ2n) is 10.0. The first kappa shape index (κ1) is 22.5. The van der Waals surface area contributed by atoms with Crippen LogP contribution in [0.15, 0.2) is 18.3 Å². The highest BCUT2D eigenvalue weighted by Crippen LogP contribution is 2.33. The highest BCUT2D eigenvalue weighted by atomic mass is 16.5. The number of nitrogens with one attached hydrogen (secondary N) is 1. The summed E-state index contributed by atoms with van der Waals surface area (Å²) in [5, 5.41) is 13.3. The highest BCUT2D eigenvalue weighted by molar-refractivity contribution is 5.82. The number of nitrogens with zero attached hydrogens (tertiary/aromatic N) is 4. The van der Waals surface area contributed by atoms with Crippen LogP contribution in [0.2, 0.25) is 0 Å². The van der Waals surface area contributed by atoms with Gasteiger partial charge >= 0.3 is 0 Å². The van der Waals surface area contributed by atoms with Crippen molar-refractivity contribution in [3.05, 3.63) is 29.6 Å². The molecule has 32 heavy (non-hydrogen) atoms. The summed E-state index contributed by atoms with van der Waals surface area (Å²) < 4.78 is 5.84. The van der Waals surface area contributed by atoms with Gasteiger partial charge in [-0.05, 0) is 65.4 Å². The van der Waals surface area contributed by atoms with Crippen molar-refractivity contribution >= 4 is 11.7 Å². The Morgan fingerprint density at radius 1 is 1.25 bits per heavy atom. The molecule has 4 rings (SSSR count). The molecule has 2 aliphatic rings. The van der Waals surface area contributed by atoms with Crippen molar-refractivity contribution in [3.8, 4) is 17.3 Å². The Labute approximate surface area is 189 Å². The summed E-state index contributed by atoms with van der Waals surface area (Å²) in [6.45, 7) is 6.40. The van der Waals surface area contributed by atoms with Crippen LogP contribution in [0.3, 0.4) is 0 Å². The Hall–Kier alpha value is -2.74. The molecular weight excluding hydrogens is 406 g/mol. The third kappa shape index (κ3) is 5.18. The number of fused-ring (bicyclic) bond motifs is 1. The summed E-state index contributed by atoms with van der Waals surface area (Å²) in [5.41, 5.74) is 1.75. The lowest BCUT2D eigenvalue weighted by Gasteiger charge is -2.35. The number of aryl methyl sites for hydroxylation is 1. The predicted molar refractivity (Wildman–Crippen MR) is 123 cm³/mol. The third-order valence-electron chi connectivity index (χ3n) is 5.92. The molecule has 0 radical (unpaired) electrons. The smallest absolute Gasteiger partial charge is 0.239 e. The molecule has 172 valence electrons. The molecule has 8 heteroatoms. The maximum absolute atomic E-state index is 12.5. The number of ether oxygens (including phenoxy) is 1. The number of rotatable bonds is 7. The maximum atomic E-state index is 12.5. The van der Waals surface area contributed by atoms with Crippen LogP contribution in [-0.4, -0.2) is 57.3 Å². The summed E-state index contributed by atoms with van der Waals surface area (Å²) >= 11 is 0. The summed E-state index contributed by atoms with van der Waals surface area (Å²) in [7, 11) is 1.89. The number of hydrogen-bond donors (Lipinski definition) is 2. The zero-order chi connectivity index (χ0) is 22.9. The van der Waals surface area contributed by atoms with Gasteiger partial charge in [-0.2, -0.15) is 0 Å². The molecule has 0 bridgehead atoms. The standard InChI is InChI=1S/C24H33N5O3/c1-23(2,3)28-20(30)14-29(4)22-17-7-5-8-18(17)26-21(27-22)19-13-16(9-12-25-19)32-15-24(31)10-6-11-24/h9,12-13,31H,5-8,10-11,14-15H2,1-4H3,(H,28,30). The Kier molecular flexibility index (Phi) is 6.07. The summed E-state index contributed by atoms with van der Waals surface area (Å²) in [6, 6.07) is 3.59. The highest BCUT2D eigenvalue weighted by Gasteiger charge is 2.35. The van der Waals surface area contributed by atoms with Crippen molar-refractivity contribution in [2.75, 3.05) is 25.1 Å². The zero-order valence-electron chi connectivity index (χ0n) is 19.4. The minimum Gasteiger partial charge on any atom is -0.490 e. The SMILES string of the molecule is CN(CC(=O)NC(C)(C)C)c1nc(-c2cc(OCC3(O)CCC3)ccn2)nc2c1CCC2. The average molecular weight is 440 g/mol. The van der Waals surface area contributed by atoms with Gasteiger partial charge in [-0.3, -0.25) is 9.78 Å². The van der Waals surface area contributed by atoms with Gasteiger partial charge < -0.3 is 20.1 Å². The third-order valence-corrected chi connectivity index (χ3v) is 5.92. The first-order chi connectivity index (χ1) is 15.1. The van der Waals surface area contributed by atoms with Crippen LogP contribution < -0.4 is 15.0 Å². The van der Waals surface area contributed by atoms with Crippen LogP contribution in [0, 0.1) is 0 Å². The molecule has 2 aliphatic carbocycles. The van der Waals surface area contributed by atoms with E-state index in [4.69, 9.17) is 14.7 Å². The Bertz CT molecular complexity index is 998. The first-order valence-electron chi connectivity index (χ1n) is 11.4. The van der Waals surface area contributed by atoms with Gasteiger partial charge in [-0.25, -0.2) is 9.97 Å². The molecule has 2 aromatic heterocycles. The molecule has 2 heterocycles. The van der Waals surface area contributed by atoms with Gasteiger partial charge in [0.05, 0.1) is 12.1 Å². The molecule has 2 aromatic rings. The molecule has 8 nitrogen and oxygen atoms in total. The van der Waals surface area contributed by atoms with Crippen LogP contribution in [0.1, 0.15) is 57.7 Å². The lowest BCUT2D eigenvalue weighted by Crippen LogP contribution is -2.45. The van der Waals surface area contributed by atoms with Gasteiger partial charge in [0.25, 0.3) is 0 Å². The summed E-state index contributed by atoms with van der Waals surface area (Å²) in [4.78, 5) is 28.4. The molecule has 1 amide bonds. The molecule has 0 atom stereocenters. The van der Waals surface area contributed by atoms with Crippen molar-refractivity contribution in [1.82, 2.24) is 20.3 Å². The minimum absolute atomic E-state index is 0.0469. The van der Waals surface area contributed by atoms with Crippen molar-refractivity contribution in [2.45, 2.75) is 70.4 Å². The number of amides is 1. The summed E-state index contributed by atoms with van der Waals surface area (Å²) in [6.07, 6.45) is 7.08. The van der Waals surface area contributed by atoms with Crippen molar-refractivity contribution in [3.63, 3.8) is 0 Å². The Morgan fingerprint density at radius 2 is 2.03 bits per heavy atom. The zero-order valence-corrected chi connectivity index (χ0v) is 19.4. The van der Waals surface area contributed by atoms with Gasteiger partial charge in [-0.15, -0.1) is 0 Å². The van der Waals surface area contributed by atoms with E-state index in [1.54, 1.807) is 12.3 Å². The van der Waals surface area contributed by atoms with E-state index in [-0.39, 0.29) is 24.6 Å². The van der Waals surface area contributed by atoms with E-state index in [1.165, 1.54) is 0 Å². The predicted octanol–water partition coefficient (Wildman–Crippen LogP) is 2.67. The van der Waals surface area contributed by atoms with E-state index >= 15 is 0 Å². The Morgan fingerprint density at radius 3 is 2.72 bits per heavy atom. The molecule has 2 N–H and O–H groups in total. The van der Waals surface area contributed by atoms with E-state index in [0.717, 1.165) is 55.6 Å². The van der Waals surface area contributed by atoms with E-state index in [1.807, 2.05) is 38.8 Å². The molecule has 0 aromatic carbocycles. The average Bonchev–Trinajstić information content (AvgIpc) is 3.17. The largest absolute Gasteiger partial charge is 0.490 e. The van der Waals surface area contributed by atoms with Crippen LogP contribution in [-0.2, 0) is 17.6 Å². The van der Waals surface area contributed by atoms with Crippen molar-refractivity contribution < 1.29 is 14.6 Å². The van der Waals surface area contributed by atoms with E-state index < -0.39 is 5.60 Å². The van der Waals surface area contributed by atoms with E-state index in [9.17, 15) is 9.90 Å². The molecular formula is C24H33N5O3. The number of aliphatic hydroxyl groups is 1. The van der Waals surface area contributed by atoms with Gasteiger partial charge in [0.2, 0.25) is 5.91 Å². The molecule has 0 saturated heterocycles. The molecule has 0 spiro atoms. The van der Waals surface area contributed by atoms with Gasteiger partial charge in [-0.1, -0.05) is 0 Å². The van der Waals surface area contributed by atoms with Crippen LogP contribution in [0.4, 0.5) is 5.82 Å². The fraction of sp³-hybridized carbons (Fsp3) is 0.583. The molecule has 0 unspecified atom stereocenters. The minimum atomic E-state index is -0.711. The number of carbonyl (C=O) groups excluding carboxylic acids is 1. The fourth-order valence-corrected chi connectivity index (χ4v) is 4.16. The fourth-order valence-electron chi connectivity index (χ4n) is 4.16. The van der Waals surface area contributed by atoms with Crippen molar-refractivity contribution in [2.24, 2.45) is 0 Å². The normalized spacial score (nSPS) is 16.8. The van der Waals surface area contributed by atoms with Gasteiger partial charge in [0.15, 0.2) is 5.82 Å². The van der Waals surface area contributed by atoms with Crippen LogP contribution in [0.5, 0.6) is 5.75 Å². The van der Waals surface area contributed by atoms with E-state index in [0.29, 0.717) is 17.3 Å². The topological polar surface area (TPSA) is 100 Å². The van der Waals surface area contributed by atoms with Crippen LogP contribution >= 0.6 is 0 Å². The summed E-state index contributed by atoms with van der Waals surface area (Å²) in [5.74, 6) is 1.90. The number of anilines is 1. The van der Waals surface area contributed by atoms with E-state index in [2.05, 4.69) is 10.3 Å². The lowest BCUT2D eigenvalue weighted by atomic mass is 9.81. The van der Waals surface area contributed by atoms with Gasteiger partial charge in [0.1, 0.15) is 23.9 Å². The monoisotopic (exact) mass is 439 g/mol. The molecule has 1 fully saturated rings. The first-order valence-corrected chi connectivity index (χ1v) is 11.4. The molecule has 0 aliphatic heterocycles. The maximum Gasteiger partial charge on any atom is 0.239 e. The van der Waals surface area contributed by atoms with Crippen LogP contribution in [0.25, 0.3) is 11.5 Å².